The van der Waals surface area contributed by atoms with E-state index in [9.17, 15) is 5.11 Å². The lowest BCUT2D eigenvalue weighted by Gasteiger charge is -2.47. The Morgan fingerprint density at radius 3 is 2.44 bits per heavy atom. The van der Waals surface area contributed by atoms with Crippen molar-refractivity contribution in [1.29, 1.82) is 0 Å². The Balaban J connectivity index is 2.43. The fourth-order valence-electron chi connectivity index (χ4n) is 2.93. The third kappa shape index (κ3) is 1.78. The van der Waals surface area contributed by atoms with Gasteiger partial charge in [-0.05, 0) is 30.7 Å². The molecule has 1 fully saturated rings. The van der Waals surface area contributed by atoms with Crippen LogP contribution in [-0.2, 0) is 5.60 Å². The molecule has 1 nitrogen and oxygen atoms in total. The van der Waals surface area contributed by atoms with E-state index < -0.39 is 5.60 Å². The summed E-state index contributed by atoms with van der Waals surface area (Å²) in [7, 11) is 0. The van der Waals surface area contributed by atoms with Crippen molar-refractivity contribution in [3.63, 3.8) is 0 Å². The van der Waals surface area contributed by atoms with Crippen LogP contribution in [-0.4, -0.2) is 5.11 Å². The average Bonchev–Trinajstić information content (AvgIpc) is 2.22. The van der Waals surface area contributed by atoms with Crippen LogP contribution < -0.4 is 0 Å². The lowest BCUT2D eigenvalue weighted by atomic mass is 9.62. The van der Waals surface area contributed by atoms with E-state index in [1.54, 1.807) is 0 Å². The van der Waals surface area contributed by atoms with Crippen LogP contribution in [0.5, 0.6) is 0 Å². The number of rotatable bonds is 1. The molecule has 1 atom stereocenters. The van der Waals surface area contributed by atoms with E-state index >= 15 is 0 Å². The molecular weight excluding hydrogens is 196 g/mol. The molecule has 1 aliphatic carbocycles. The minimum absolute atomic E-state index is 0.0148. The summed E-state index contributed by atoms with van der Waals surface area (Å²) in [6.45, 7) is 6.46. The van der Waals surface area contributed by atoms with Crippen molar-refractivity contribution in [2.24, 2.45) is 5.41 Å². The summed E-state index contributed by atoms with van der Waals surface area (Å²) < 4.78 is 0. The number of aliphatic hydroxyl groups is 1. The van der Waals surface area contributed by atoms with Gasteiger partial charge in [0, 0.05) is 0 Å². The molecular formula is C15H22O. The van der Waals surface area contributed by atoms with Gasteiger partial charge in [0.1, 0.15) is 0 Å². The summed E-state index contributed by atoms with van der Waals surface area (Å²) in [6, 6.07) is 8.34. The normalized spacial score (nSPS) is 29.0. The van der Waals surface area contributed by atoms with E-state index in [-0.39, 0.29) is 5.41 Å². The second-order valence-corrected chi connectivity index (χ2v) is 5.82. The van der Waals surface area contributed by atoms with Crippen LogP contribution in [0.15, 0.2) is 24.3 Å². The third-order valence-corrected chi connectivity index (χ3v) is 4.21. The van der Waals surface area contributed by atoms with Crippen LogP contribution in [0, 0.1) is 12.3 Å². The van der Waals surface area contributed by atoms with Crippen LogP contribution in [0.4, 0.5) is 0 Å². The van der Waals surface area contributed by atoms with E-state index in [0.29, 0.717) is 0 Å². The fraction of sp³-hybridized carbons (Fsp3) is 0.600. The first-order chi connectivity index (χ1) is 7.46. The van der Waals surface area contributed by atoms with E-state index in [0.717, 1.165) is 24.8 Å². The Morgan fingerprint density at radius 1 is 1.12 bits per heavy atom. The summed E-state index contributed by atoms with van der Waals surface area (Å²) in [6.07, 6.45) is 4.37. The quantitative estimate of drug-likeness (QED) is 0.760. The molecule has 0 radical (unpaired) electrons. The maximum atomic E-state index is 11.0. The van der Waals surface area contributed by atoms with Crippen LogP contribution in [0.2, 0.25) is 0 Å². The molecule has 2 rings (SSSR count). The second-order valence-electron chi connectivity index (χ2n) is 5.82. The van der Waals surface area contributed by atoms with E-state index in [1.165, 1.54) is 12.0 Å². The first-order valence-corrected chi connectivity index (χ1v) is 6.25. The van der Waals surface area contributed by atoms with Crippen molar-refractivity contribution >= 4 is 0 Å². The summed E-state index contributed by atoms with van der Waals surface area (Å²) in [5.41, 5.74) is 1.67. The molecule has 1 heteroatoms. The zero-order valence-electron chi connectivity index (χ0n) is 10.6. The number of hydrogen-bond donors (Lipinski definition) is 1. The number of aryl methyl sites for hydroxylation is 1. The summed E-state index contributed by atoms with van der Waals surface area (Å²) >= 11 is 0. The van der Waals surface area contributed by atoms with Gasteiger partial charge in [-0.3, -0.25) is 0 Å². The first kappa shape index (κ1) is 11.7. The molecule has 0 spiro atoms. The Kier molecular flexibility index (Phi) is 2.83. The molecule has 1 aliphatic rings. The van der Waals surface area contributed by atoms with E-state index in [4.69, 9.17) is 0 Å². The maximum Gasteiger partial charge on any atom is 0.0947 e. The molecule has 0 aromatic heterocycles. The minimum atomic E-state index is -0.642. The molecule has 16 heavy (non-hydrogen) atoms. The largest absolute Gasteiger partial charge is 0.385 e. The standard InChI is InChI=1S/C15H22O/c1-12-7-6-8-13(11-12)15(16)10-5-4-9-14(15,2)3/h6-8,11,16H,4-5,9-10H2,1-3H3. The lowest BCUT2D eigenvalue weighted by molar-refractivity contribution is -0.103. The van der Waals surface area contributed by atoms with Crippen LogP contribution in [0.3, 0.4) is 0 Å². The highest BCUT2D eigenvalue weighted by atomic mass is 16.3. The smallest absolute Gasteiger partial charge is 0.0947 e. The molecule has 0 saturated heterocycles. The van der Waals surface area contributed by atoms with Gasteiger partial charge in [-0.1, -0.05) is 56.5 Å². The maximum absolute atomic E-state index is 11.0. The van der Waals surface area contributed by atoms with Gasteiger partial charge in [0.05, 0.1) is 5.60 Å². The zero-order chi connectivity index (χ0) is 11.8. The average molecular weight is 218 g/mol. The molecule has 1 aromatic carbocycles. The Bertz CT molecular complexity index is 381. The first-order valence-electron chi connectivity index (χ1n) is 6.25. The molecule has 0 aliphatic heterocycles. The number of hydrogen-bond acceptors (Lipinski definition) is 1. The number of benzene rings is 1. The molecule has 0 amide bonds. The van der Waals surface area contributed by atoms with Gasteiger partial charge in [-0.15, -0.1) is 0 Å². The van der Waals surface area contributed by atoms with Gasteiger partial charge in [0.15, 0.2) is 0 Å². The fourth-order valence-corrected chi connectivity index (χ4v) is 2.93. The van der Waals surface area contributed by atoms with Crippen molar-refractivity contribution in [2.75, 3.05) is 0 Å². The van der Waals surface area contributed by atoms with Crippen molar-refractivity contribution < 1.29 is 5.11 Å². The molecule has 1 aromatic rings. The van der Waals surface area contributed by atoms with Gasteiger partial charge in [0.25, 0.3) is 0 Å². The molecule has 1 unspecified atom stereocenters. The highest BCUT2D eigenvalue weighted by molar-refractivity contribution is 5.29. The highest BCUT2D eigenvalue weighted by Gasteiger charge is 2.46. The zero-order valence-corrected chi connectivity index (χ0v) is 10.6. The van der Waals surface area contributed by atoms with Crippen LogP contribution in [0.25, 0.3) is 0 Å². The van der Waals surface area contributed by atoms with E-state index in [2.05, 4.69) is 39.0 Å². The van der Waals surface area contributed by atoms with Crippen molar-refractivity contribution in [3.8, 4) is 0 Å². The second kappa shape index (κ2) is 3.89. The van der Waals surface area contributed by atoms with Gasteiger partial charge in [0.2, 0.25) is 0 Å². The lowest BCUT2D eigenvalue weighted by Crippen LogP contribution is -2.44. The van der Waals surface area contributed by atoms with Crippen molar-refractivity contribution in [1.82, 2.24) is 0 Å². The SMILES string of the molecule is Cc1cccc(C2(O)CCCCC2(C)C)c1. The summed E-state index contributed by atoms with van der Waals surface area (Å²) in [4.78, 5) is 0. The van der Waals surface area contributed by atoms with Crippen LogP contribution in [0.1, 0.15) is 50.7 Å². The van der Waals surface area contributed by atoms with Gasteiger partial charge >= 0.3 is 0 Å². The molecule has 1 N–H and O–H groups in total. The van der Waals surface area contributed by atoms with Crippen molar-refractivity contribution in [3.05, 3.63) is 35.4 Å². The molecule has 1 saturated carbocycles. The third-order valence-electron chi connectivity index (χ3n) is 4.21. The minimum Gasteiger partial charge on any atom is -0.385 e. The topological polar surface area (TPSA) is 20.2 Å². The summed E-state index contributed by atoms with van der Waals surface area (Å²) in [5.74, 6) is 0. The summed E-state index contributed by atoms with van der Waals surface area (Å²) in [5, 5.41) is 11.0. The molecule has 88 valence electrons. The molecule has 0 heterocycles. The Labute approximate surface area is 98.5 Å². The Morgan fingerprint density at radius 2 is 1.81 bits per heavy atom. The Hall–Kier alpha value is -0.820. The van der Waals surface area contributed by atoms with Gasteiger partial charge < -0.3 is 5.11 Å². The predicted molar refractivity (Wildman–Crippen MR) is 67.3 cm³/mol. The van der Waals surface area contributed by atoms with Gasteiger partial charge in [-0.25, -0.2) is 0 Å². The monoisotopic (exact) mass is 218 g/mol. The highest BCUT2D eigenvalue weighted by Crippen LogP contribution is 2.50. The van der Waals surface area contributed by atoms with E-state index in [1.807, 2.05) is 6.07 Å². The molecule has 0 bridgehead atoms. The van der Waals surface area contributed by atoms with Crippen molar-refractivity contribution in [2.45, 2.75) is 52.1 Å². The van der Waals surface area contributed by atoms with Gasteiger partial charge in [-0.2, -0.15) is 0 Å². The predicted octanol–water partition coefficient (Wildman–Crippen LogP) is 3.78. The van der Waals surface area contributed by atoms with Crippen LogP contribution >= 0.6 is 0 Å².